The van der Waals surface area contributed by atoms with Crippen molar-refractivity contribution in [1.29, 1.82) is 0 Å². The van der Waals surface area contributed by atoms with E-state index in [1.807, 2.05) is 0 Å². The topological polar surface area (TPSA) is 53.7 Å². The molecule has 0 aromatic heterocycles. The van der Waals surface area contributed by atoms with E-state index in [2.05, 4.69) is 6.92 Å². The lowest BCUT2D eigenvalue weighted by atomic mass is 10.0. The van der Waals surface area contributed by atoms with Crippen molar-refractivity contribution in [3.63, 3.8) is 0 Å². The lowest BCUT2D eigenvalue weighted by Gasteiger charge is -2.28. The zero-order valence-electron chi connectivity index (χ0n) is 10.5. The third-order valence-electron chi connectivity index (χ3n) is 3.25. The van der Waals surface area contributed by atoms with Crippen molar-refractivity contribution in [2.45, 2.75) is 31.8 Å². The first-order chi connectivity index (χ1) is 7.72. The van der Waals surface area contributed by atoms with Crippen LogP contribution in [0, 0.1) is 5.92 Å². The number of methoxy groups -OCH3 is 1. The summed E-state index contributed by atoms with van der Waals surface area (Å²) in [6, 6.07) is 0. The van der Waals surface area contributed by atoms with E-state index in [4.69, 9.17) is 19.9 Å². The summed E-state index contributed by atoms with van der Waals surface area (Å²) in [5.41, 5.74) is 5.73. The molecule has 0 amide bonds. The van der Waals surface area contributed by atoms with E-state index in [9.17, 15) is 0 Å². The highest BCUT2D eigenvalue weighted by Gasteiger charge is 2.36. The molecule has 1 saturated carbocycles. The molecule has 0 radical (unpaired) electrons. The third kappa shape index (κ3) is 4.37. The van der Waals surface area contributed by atoms with Crippen LogP contribution in [0.1, 0.15) is 26.2 Å². The average Bonchev–Trinajstić information content (AvgIpc) is 2.66. The largest absolute Gasteiger partial charge is 0.382 e. The van der Waals surface area contributed by atoms with Crippen molar-refractivity contribution >= 4 is 0 Å². The van der Waals surface area contributed by atoms with E-state index in [1.165, 1.54) is 6.42 Å². The summed E-state index contributed by atoms with van der Waals surface area (Å²) in [7, 11) is 1.67. The molecule has 1 fully saturated rings. The van der Waals surface area contributed by atoms with Crippen molar-refractivity contribution in [2.75, 3.05) is 40.1 Å². The van der Waals surface area contributed by atoms with Gasteiger partial charge in [0.15, 0.2) is 0 Å². The van der Waals surface area contributed by atoms with E-state index in [0.717, 1.165) is 18.8 Å². The van der Waals surface area contributed by atoms with Crippen molar-refractivity contribution in [3.8, 4) is 0 Å². The van der Waals surface area contributed by atoms with Crippen LogP contribution >= 0.6 is 0 Å². The molecule has 0 aliphatic heterocycles. The van der Waals surface area contributed by atoms with E-state index in [-0.39, 0.29) is 5.60 Å². The Morgan fingerprint density at radius 3 is 2.56 bits per heavy atom. The number of nitrogens with two attached hydrogens (primary N) is 1. The van der Waals surface area contributed by atoms with Crippen LogP contribution in [0.15, 0.2) is 0 Å². The summed E-state index contributed by atoms with van der Waals surface area (Å²) >= 11 is 0. The van der Waals surface area contributed by atoms with Gasteiger partial charge in [-0.25, -0.2) is 0 Å². The molecule has 96 valence electrons. The van der Waals surface area contributed by atoms with Gasteiger partial charge in [-0.2, -0.15) is 0 Å². The van der Waals surface area contributed by atoms with Gasteiger partial charge in [-0.05, 0) is 25.2 Å². The van der Waals surface area contributed by atoms with Gasteiger partial charge in [-0.15, -0.1) is 0 Å². The zero-order valence-corrected chi connectivity index (χ0v) is 10.5. The van der Waals surface area contributed by atoms with E-state index < -0.39 is 0 Å². The normalized spacial score (nSPS) is 29.8. The maximum absolute atomic E-state index is 5.90. The third-order valence-corrected chi connectivity index (χ3v) is 3.25. The Hall–Kier alpha value is -0.160. The molecule has 1 aliphatic carbocycles. The van der Waals surface area contributed by atoms with Gasteiger partial charge < -0.3 is 19.9 Å². The zero-order chi connectivity index (χ0) is 11.9. The summed E-state index contributed by atoms with van der Waals surface area (Å²) in [6.07, 6.45) is 3.39. The monoisotopic (exact) mass is 231 g/mol. The van der Waals surface area contributed by atoms with Crippen LogP contribution in [-0.4, -0.2) is 45.7 Å². The summed E-state index contributed by atoms with van der Waals surface area (Å²) in [5.74, 6) is 0.734. The van der Waals surface area contributed by atoms with E-state index in [1.54, 1.807) is 7.11 Å². The Kier molecular flexibility index (Phi) is 6.28. The average molecular weight is 231 g/mol. The van der Waals surface area contributed by atoms with Gasteiger partial charge in [-0.1, -0.05) is 6.92 Å². The number of hydrogen-bond acceptors (Lipinski definition) is 4. The predicted molar refractivity (Wildman–Crippen MR) is 63.4 cm³/mol. The van der Waals surface area contributed by atoms with Gasteiger partial charge in [0.1, 0.15) is 0 Å². The Balaban J connectivity index is 2.10. The Labute approximate surface area is 98.4 Å². The molecule has 0 aromatic carbocycles. The van der Waals surface area contributed by atoms with Gasteiger partial charge in [0.05, 0.1) is 32.0 Å². The summed E-state index contributed by atoms with van der Waals surface area (Å²) in [4.78, 5) is 0. The Morgan fingerprint density at radius 2 is 2.00 bits per heavy atom. The number of rotatable bonds is 8. The Morgan fingerprint density at radius 1 is 1.25 bits per heavy atom. The van der Waals surface area contributed by atoms with Gasteiger partial charge in [-0.3, -0.25) is 0 Å². The number of ether oxygens (including phenoxy) is 3. The number of hydrogen-bond donors (Lipinski definition) is 1. The second-order valence-electron chi connectivity index (χ2n) is 4.69. The fourth-order valence-corrected chi connectivity index (χ4v) is 2.29. The lowest BCUT2D eigenvalue weighted by molar-refractivity contribution is -0.0633. The summed E-state index contributed by atoms with van der Waals surface area (Å²) in [5, 5.41) is 0. The standard InChI is InChI=1S/C12H25NO3/c1-11-3-4-12(9-11,10-13)16-8-7-15-6-5-14-2/h11H,3-10,13H2,1-2H3. The molecule has 0 spiro atoms. The summed E-state index contributed by atoms with van der Waals surface area (Å²) < 4.78 is 16.1. The molecule has 0 saturated heterocycles. The molecule has 0 heterocycles. The first kappa shape index (κ1) is 13.9. The first-order valence-electron chi connectivity index (χ1n) is 6.13. The fourth-order valence-electron chi connectivity index (χ4n) is 2.29. The molecule has 2 unspecified atom stereocenters. The van der Waals surface area contributed by atoms with Gasteiger partial charge in [0, 0.05) is 13.7 Å². The highest BCUT2D eigenvalue weighted by molar-refractivity contribution is 4.90. The van der Waals surface area contributed by atoms with Crippen molar-refractivity contribution in [3.05, 3.63) is 0 Å². The fraction of sp³-hybridized carbons (Fsp3) is 1.00. The first-order valence-corrected chi connectivity index (χ1v) is 6.13. The molecule has 0 aromatic rings. The molecule has 4 nitrogen and oxygen atoms in total. The maximum atomic E-state index is 5.90. The van der Waals surface area contributed by atoms with Crippen LogP contribution < -0.4 is 5.73 Å². The second-order valence-corrected chi connectivity index (χ2v) is 4.69. The van der Waals surface area contributed by atoms with Crippen LogP contribution in [0.2, 0.25) is 0 Å². The predicted octanol–water partition coefficient (Wildman–Crippen LogP) is 1.18. The molecule has 4 heteroatoms. The van der Waals surface area contributed by atoms with Gasteiger partial charge in [0.25, 0.3) is 0 Å². The smallest absolute Gasteiger partial charge is 0.0807 e. The van der Waals surface area contributed by atoms with Crippen LogP contribution in [0.5, 0.6) is 0 Å². The van der Waals surface area contributed by atoms with E-state index in [0.29, 0.717) is 33.0 Å². The molecule has 2 atom stereocenters. The minimum atomic E-state index is -0.0793. The highest BCUT2D eigenvalue weighted by Crippen LogP contribution is 2.36. The van der Waals surface area contributed by atoms with Crippen molar-refractivity contribution in [1.82, 2.24) is 0 Å². The van der Waals surface area contributed by atoms with Crippen molar-refractivity contribution in [2.24, 2.45) is 11.7 Å². The molecular weight excluding hydrogens is 206 g/mol. The maximum Gasteiger partial charge on any atom is 0.0807 e. The molecule has 0 bridgehead atoms. The molecule has 1 aliphatic rings. The van der Waals surface area contributed by atoms with E-state index >= 15 is 0 Å². The quantitative estimate of drug-likeness (QED) is 0.637. The summed E-state index contributed by atoms with van der Waals surface area (Å²) in [6.45, 7) is 5.41. The second kappa shape index (κ2) is 7.22. The van der Waals surface area contributed by atoms with Gasteiger partial charge in [0.2, 0.25) is 0 Å². The molecule has 1 rings (SSSR count). The van der Waals surface area contributed by atoms with Crippen LogP contribution in [0.4, 0.5) is 0 Å². The minimum absolute atomic E-state index is 0.0793. The Bertz CT molecular complexity index is 189. The SMILES string of the molecule is COCCOCCOC1(CN)CCC(C)C1. The molecular formula is C12H25NO3. The molecule has 2 N–H and O–H groups in total. The van der Waals surface area contributed by atoms with Crippen LogP contribution in [0.3, 0.4) is 0 Å². The molecule has 16 heavy (non-hydrogen) atoms. The minimum Gasteiger partial charge on any atom is -0.382 e. The highest BCUT2D eigenvalue weighted by atomic mass is 16.5. The van der Waals surface area contributed by atoms with Crippen LogP contribution in [-0.2, 0) is 14.2 Å². The lowest BCUT2D eigenvalue weighted by Crippen LogP contribution is -2.39. The van der Waals surface area contributed by atoms with Crippen molar-refractivity contribution < 1.29 is 14.2 Å². The van der Waals surface area contributed by atoms with Gasteiger partial charge >= 0.3 is 0 Å². The van der Waals surface area contributed by atoms with Crippen LogP contribution in [0.25, 0.3) is 0 Å².